The zero-order valence-corrected chi connectivity index (χ0v) is 18.6. The van der Waals surface area contributed by atoms with Crippen molar-refractivity contribution >= 4 is 34.7 Å². The average Bonchev–Trinajstić information content (AvgIpc) is 2.82. The Morgan fingerprint density at radius 3 is 2.27 bits per heavy atom. The van der Waals surface area contributed by atoms with Crippen LogP contribution in [0.25, 0.3) is 0 Å². The van der Waals surface area contributed by atoms with E-state index in [2.05, 4.69) is 17.0 Å². The van der Waals surface area contributed by atoms with Crippen LogP contribution >= 0.6 is 11.8 Å². The maximum Gasteiger partial charge on any atom is 0.416 e. The Morgan fingerprint density at radius 2 is 1.55 bits per heavy atom. The lowest BCUT2D eigenvalue weighted by Crippen LogP contribution is -3.15. The summed E-state index contributed by atoms with van der Waals surface area (Å²) in [4.78, 5) is 19.9. The summed E-state index contributed by atoms with van der Waals surface area (Å²) in [6.07, 6.45) is -4.47. The number of hydrogen-bond acceptors (Lipinski definition) is 3. The molecule has 8 heteroatoms. The molecule has 170 valence electrons. The smallest absolute Gasteiger partial charge is 0.360 e. The van der Waals surface area contributed by atoms with E-state index >= 15 is 0 Å². The van der Waals surface area contributed by atoms with Gasteiger partial charge in [-0.25, -0.2) is 0 Å². The summed E-state index contributed by atoms with van der Waals surface area (Å²) in [7, 11) is 0. The molecule has 0 saturated carbocycles. The fraction of sp³-hybridized carbons (Fsp3) is 0.240. The van der Waals surface area contributed by atoms with E-state index in [9.17, 15) is 18.0 Å². The van der Waals surface area contributed by atoms with E-state index in [0.717, 1.165) is 48.1 Å². The van der Waals surface area contributed by atoms with E-state index in [-0.39, 0.29) is 12.5 Å². The molecular weight excluding hydrogens is 447 g/mol. The summed E-state index contributed by atoms with van der Waals surface area (Å²) < 4.78 is 40.2. The maximum atomic E-state index is 13.5. The largest absolute Gasteiger partial charge is 0.416 e. The molecule has 0 aromatic heterocycles. The molecule has 2 heterocycles. The van der Waals surface area contributed by atoms with Gasteiger partial charge in [0, 0.05) is 15.5 Å². The second-order valence-corrected chi connectivity index (χ2v) is 9.31. The Morgan fingerprint density at radius 1 is 0.879 bits per heavy atom. The molecule has 33 heavy (non-hydrogen) atoms. The monoisotopic (exact) mass is 470 g/mol. The maximum absolute atomic E-state index is 13.5. The predicted molar refractivity (Wildman–Crippen MR) is 123 cm³/mol. The van der Waals surface area contributed by atoms with E-state index < -0.39 is 11.7 Å². The third kappa shape index (κ3) is 4.45. The van der Waals surface area contributed by atoms with Gasteiger partial charge in [0.05, 0.1) is 43.1 Å². The van der Waals surface area contributed by atoms with Gasteiger partial charge < -0.3 is 9.80 Å². The Balaban J connectivity index is 1.38. The number of anilines is 3. The second-order valence-electron chi connectivity index (χ2n) is 8.23. The number of carbonyl (C=O) groups excluding carboxylic acids is 1. The number of nitrogens with one attached hydrogen (secondary N) is 1. The van der Waals surface area contributed by atoms with Gasteiger partial charge >= 0.3 is 6.18 Å². The number of nitrogens with zero attached hydrogens (tertiary/aromatic N) is 2. The number of fused-ring (bicyclic) bond motifs is 2. The van der Waals surface area contributed by atoms with Crippen LogP contribution in [0.5, 0.6) is 0 Å². The molecule has 0 aliphatic carbocycles. The van der Waals surface area contributed by atoms with Crippen molar-refractivity contribution in [2.75, 3.05) is 42.5 Å². The lowest BCUT2D eigenvalue weighted by Gasteiger charge is -2.35. The van der Waals surface area contributed by atoms with Gasteiger partial charge in [0.25, 0.3) is 5.91 Å². The number of benzene rings is 3. The van der Waals surface area contributed by atoms with Crippen molar-refractivity contribution in [2.45, 2.75) is 16.0 Å². The van der Waals surface area contributed by atoms with E-state index in [1.807, 2.05) is 36.4 Å². The first-order chi connectivity index (χ1) is 15.9. The topological polar surface area (TPSA) is 28.0 Å². The van der Waals surface area contributed by atoms with E-state index in [4.69, 9.17) is 0 Å². The molecule has 3 aromatic carbocycles. The number of halogens is 3. The summed E-state index contributed by atoms with van der Waals surface area (Å²) >= 11 is 1.39. The molecule has 3 aromatic rings. The van der Waals surface area contributed by atoms with Gasteiger partial charge in [-0.05, 0) is 42.5 Å². The minimum Gasteiger partial charge on any atom is -0.360 e. The summed E-state index contributed by atoms with van der Waals surface area (Å²) in [6.45, 7) is 3.47. The fourth-order valence-electron chi connectivity index (χ4n) is 4.39. The highest BCUT2D eigenvalue weighted by atomic mass is 32.2. The highest BCUT2D eigenvalue weighted by molar-refractivity contribution is 7.99. The number of piperazine rings is 1. The molecule has 1 N–H and O–H groups in total. The number of hydrogen-bond donors (Lipinski definition) is 1. The van der Waals surface area contributed by atoms with Crippen molar-refractivity contribution in [3.8, 4) is 0 Å². The average molecular weight is 471 g/mol. The van der Waals surface area contributed by atoms with Crippen molar-refractivity contribution in [1.82, 2.24) is 0 Å². The first-order valence-electron chi connectivity index (χ1n) is 10.8. The lowest BCUT2D eigenvalue weighted by molar-refractivity contribution is -0.892. The predicted octanol–water partition coefficient (Wildman–Crippen LogP) is 4.24. The third-order valence-corrected chi connectivity index (χ3v) is 7.23. The van der Waals surface area contributed by atoms with Gasteiger partial charge in [0.2, 0.25) is 0 Å². The normalized spacial score (nSPS) is 16.3. The zero-order chi connectivity index (χ0) is 23.0. The minimum absolute atomic E-state index is 0.188. The molecule has 0 spiro atoms. The molecule has 5 rings (SSSR count). The summed E-state index contributed by atoms with van der Waals surface area (Å²) in [5.74, 6) is -0.188. The van der Waals surface area contributed by atoms with Crippen LogP contribution in [0.4, 0.5) is 30.2 Å². The minimum atomic E-state index is -4.47. The van der Waals surface area contributed by atoms with Crippen molar-refractivity contribution < 1.29 is 22.9 Å². The fourth-order valence-corrected chi connectivity index (χ4v) is 5.43. The summed E-state index contributed by atoms with van der Waals surface area (Å²) in [5.41, 5.74) is 1.36. The molecule has 4 nitrogen and oxygen atoms in total. The SMILES string of the molecule is O=C(C[NH+]1CCN(c2ccccc2)CC1)N1c2ccccc2Sc2ccc(C(F)(F)F)cc21. The first kappa shape index (κ1) is 21.9. The first-order valence-corrected chi connectivity index (χ1v) is 11.7. The standard InChI is InChI=1S/C25H22F3N3OS/c26-25(27,28)18-10-11-23-21(16-18)31(20-8-4-5-9-22(20)33-23)24(32)17-29-12-14-30(15-13-29)19-6-2-1-3-7-19/h1-11,16H,12-15,17H2/p+1. The Kier molecular flexibility index (Phi) is 5.80. The van der Waals surface area contributed by atoms with Crippen molar-refractivity contribution in [3.05, 3.63) is 78.4 Å². The van der Waals surface area contributed by atoms with Crippen LogP contribution in [-0.2, 0) is 11.0 Å². The third-order valence-electron chi connectivity index (χ3n) is 6.10. The second kappa shape index (κ2) is 8.76. The number of rotatable bonds is 3. The Bertz CT molecular complexity index is 1160. The molecular formula is C25H23F3N3OS+. The van der Waals surface area contributed by atoms with Crippen molar-refractivity contribution in [2.24, 2.45) is 0 Å². The highest BCUT2D eigenvalue weighted by Gasteiger charge is 2.36. The molecule has 2 aliphatic rings. The molecule has 0 unspecified atom stereocenters. The van der Waals surface area contributed by atoms with Crippen LogP contribution in [-0.4, -0.2) is 38.6 Å². The van der Waals surface area contributed by atoms with Gasteiger partial charge in [0.1, 0.15) is 0 Å². The Hall–Kier alpha value is -2.97. The quantitative estimate of drug-likeness (QED) is 0.621. The highest BCUT2D eigenvalue weighted by Crippen LogP contribution is 2.49. The molecule has 0 atom stereocenters. The molecule has 1 saturated heterocycles. The number of alkyl halides is 3. The van der Waals surface area contributed by atoms with Crippen LogP contribution in [0.15, 0.2) is 82.6 Å². The van der Waals surface area contributed by atoms with Crippen LogP contribution in [0, 0.1) is 0 Å². The molecule has 0 radical (unpaired) electrons. The Labute approximate surface area is 194 Å². The lowest BCUT2D eigenvalue weighted by atomic mass is 10.1. The molecule has 1 fully saturated rings. The summed E-state index contributed by atoms with van der Waals surface area (Å²) in [5, 5.41) is 0. The molecule has 0 bridgehead atoms. The number of para-hydroxylation sites is 2. The van der Waals surface area contributed by atoms with Crippen LogP contribution < -0.4 is 14.7 Å². The van der Waals surface area contributed by atoms with Crippen LogP contribution in [0.2, 0.25) is 0 Å². The van der Waals surface area contributed by atoms with Gasteiger partial charge in [-0.1, -0.05) is 42.1 Å². The van der Waals surface area contributed by atoms with E-state index in [1.54, 1.807) is 6.07 Å². The number of carbonyl (C=O) groups is 1. The van der Waals surface area contributed by atoms with Crippen LogP contribution in [0.1, 0.15) is 5.56 Å². The molecule has 2 aliphatic heterocycles. The van der Waals surface area contributed by atoms with Gasteiger partial charge in [-0.2, -0.15) is 13.2 Å². The van der Waals surface area contributed by atoms with Crippen LogP contribution in [0.3, 0.4) is 0 Å². The van der Waals surface area contributed by atoms with Crippen molar-refractivity contribution in [1.29, 1.82) is 0 Å². The van der Waals surface area contributed by atoms with E-state index in [1.165, 1.54) is 28.4 Å². The number of quaternary nitrogens is 1. The van der Waals surface area contributed by atoms with Gasteiger partial charge in [-0.3, -0.25) is 9.69 Å². The molecule has 1 amide bonds. The van der Waals surface area contributed by atoms with Gasteiger partial charge in [0.15, 0.2) is 6.54 Å². The van der Waals surface area contributed by atoms with Crippen molar-refractivity contribution in [3.63, 3.8) is 0 Å². The number of amides is 1. The van der Waals surface area contributed by atoms with E-state index in [0.29, 0.717) is 16.3 Å². The zero-order valence-electron chi connectivity index (χ0n) is 17.8. The van der Waals surface area contributed by atoms with Gasteiger partial charge in [-0.15, -0.1) is 0 Å². The summed E-state index contributed by atoms with van der Waals surface area (Å²) in [6, 6.07) is 21.2.